The van der Waals surface area contributed by atoms with E-state index in [9.17, 15) is 55.3 Å². The molecule has 0 saturated heterocycles. The third-order valence-electron chi connectivity index (χ3n) is 9.98. The van der Waals surface area contributed by atoms with Crippen molar-refractivity contribution < 1.29 is 13.2 Å². The minimum Gasteiger partial charge on any atom is -0.192 e. The fourth-order valence-corrected chi connectivity index (χ4v) is 7.42. The normalized spacial score (nSPS) is 14.2. The van der Waals surface area contributed by atoms with Gasteiger partial charge in [-0.2, -0.15) is 55.3 Å². The van der Waals surface area contributed by atoms with Gasteiger partial charge in [-0.15, -0.1) is 0 Å². The van der Waals surface area contributed by atoms with E-state index in [4.69, 9.17) is 0 Å². The van der Waals surface area contributed by atoms with Gasteiger partial charge in [-0.1, -0.05) is 42.0 Å². The predicted molar refractivity (Wildman–Crippen MR) is 211 cm³/mol. The Labute approximate surface area is 335 Å². The van der Waals surface area contributed by atoms with Crippen molar-refractivity contribution in [2.75, 3.05) is 0 Å². The standard InChI is InChI=1S/C48H19F3N8/c1-26-2-4-31(5-3-26)44-42(24-58)36-16-39-37(17-38(36)46(44)40(22-56)33-12-27(18-52)10-28(13-33)19-53)43(25-59)45(32-6-8-35(9-7-32)48(49,50)51)47(39)41(23-57)34-14-29(20-54)11-30(15-34)21-55/h2-17H,1H3/b46-40-,47-41-. The number of nitrogens with zero attached hydrogens (tertiary/aromatic N) is 8. The van der Waals surface area contributed by atoms with Crippen LogP contribution >= 0.6 is 0 Å². The van der Waals surface area contributed by atoms with Gasteiger partial charge >= 0.3 is 6.18 Å². The number of allylic oxidation sites excluding steroid dienone is 8. The van der Waals surface area contributed by atoms with Crippen molar-refractivity contribution in [3.63, 3.8) is 0 Å². The Hall–Kier alpha value is -9.23. The van der Waals surface area contributed by atoms with Crippen molar-refractivity contribution in [2.24, 2.45) is 0 Å². The molecule has 0 fully saturated rings. The highest BCUT2D eigenvalue weighted by atomic mass is 19.4. The molecule has 0 atom stereocenters. The van der Waals surface area contributed by atoms with Crippen LogP contribution in [0.1, 0.15) is 77.9 Å². The minimum atomic E-state index is -4.68. The van der Waals surface area contributed by atoms with E-state index < -0.39 is 11.7 Å². The number of aryl methyl sites for hydroxylation is 1. The number of fused-ring (bicyclic) bond motifs is 2. The first kappa shape index (κ1) is 38.1. The van der Waals surface area contributed by atoms with E-state index in [1.54, 1.807) is 24.3 Å². The molecule has 5 aromatic rings. The van der Waals surface area contributed by atoms with Crippen molar-refractivity contribution in [2.45, 2.75) is 13.1 Å². The van der Waals surface area contributed by atoms with Gasteiger partial charge in [0.2, 0.25) is 0 Å². The smallest absolute Gasteiger partial charge is 0.192 e. The molecule has 59 heavy (non-hydrogen) atoms. The molecule has 11 heteroatoms. The molecule has 7 rings (SSSR count). The van der Waals surface area contributed by atoms with Crippen LogP contribution in [-0.2, 0) is 6.18 Å². The van der Waals surface area contributed by atoms with Crippen LogP contribution < -0.4 is 0 Å². The van der Waals surface area contributed by atoms with Gasteiger partial charge < -0.3 is 0 Å². The molecule has 0 aromatic heterocycles. The Morgan fingerprint density at radius 1 is 0.441 bits per heavy atom. The second-order valence-corrected chi connectivity index (χ2v) is 13.4. The molecule has 0 spiro atoms. The summed E-state index contributed by atoms with van der Waals surface area (Å²) in [5.41, 5.74) is 3.19. The number of nitriles is 8. The lowest BCUT2D eigenvalue weighted by Crippen LogP contribution is -2.04. The SMILES string of the molecule is Cc1ccc(C2=C(C#N)c3cc4c(cc3/C2=C(\C#N)c2cc(C#N)cc(C#N)c2)C(C#N)=C(c2ccc(C(F)(F)F)cc2)/C4=C(/C#N)c2cc(C#N)cc(C#N)c2)cc1. The summed E-state index contributed by atoms with van der Waals surface area (Å²) in [6.07, 6.45) is -4.68. The van der Waals surface area contributed by atoms with E-state index in [1.165, 1.54) is 48.5 Å². The van der Waals surface area contributed by atoms with Crippen molar-refractivity contribution in [1.29, 1.82) is 42.1 Å². The van der Waals surface area contributed by atoms with Crippen LogP contribution in [0.15, 0.2) is 97.1 Å². The highest BCUT2D eigenvalue weighted by Crippen LogP contribution is 2.56. The number of alkyl halides is 3. The molecule has 272 valence electrons. The molecular formula is C48H19F3N8. The quantitative estimate of drug-likeness (QED) is 0.161. The van der Waals surface area contributed by atoms with Gasteiger partial charge in [0, 0.05) is 33.4 Å². The van der Waals surface area contributed by atoms with Gasteiger partial charge in [0.05, 0.1) is 74.4 Å². The summed E-state index contributed by atoms with van der Waals surface area (Å²) in [7, 11) is 0. The number of hydrogen-bond acceptors (Lipinski definition) is 8. The van der Waals surface area contributed by atoms with E-state index in [-0.39, 0.29) is 89.1 Å². The molecule has 0 aliphatic heterocycles. The summed E-state index contributed by atoms with van der Waals surface area (Å²) in [6.45, 7) is 1.88. The summed E-state index contributed by atoms with van der Waals surface area (Å²) in [5, 5.41) is 82.7. The van der Waals surface area contributed by atoms with E-state index >= 15 is 0 Å². The molecule has 0 bridgehead atoms. The molecule has 2 aliphatic carbocycles. The molecule has 0 N–H and O–H groups in total. The average Bonchev–Trinajstić information content (AvgIpc) is 3.74. The fourth-order valence-electron chi connectivity index (χ4n) is 7.42. The van der Waals surface area contributed by atoms with Crippen LogP contribution in [0.25, 0.3) is 44.6 Å². The second kappa shape index (κ2) is 14.8. The Balaban J connectivity index is 1.65. The molecule has 0 amide bonds. The molecule has 0 unspecified atom stereocenters. The maximum absolute atomic E-state index is 13.7. The largest absolute Gasteiger partial charge is 0.416 e. The van der Waals surface area contributed by atoms with Gasteiger partial charge in [0.25, 0.3) is 0 Å². The number of halogens is 3. The van der Waals surface area contributed by atoms with E-state index in [2.05, 4.69) is 24.3 Å². The van der Waals surface area contributed by atoms with Crippen molar-refractivity contribution in [3.8, 4) is 48.6 Å². The zero-order valence-corrected chi connectivity index (χ0v) is 30.4. The Kier molecular flexibility index (Phi) is 9.54. The maximum Gasteiger partial charge on any atom is 0.416 e. The summed E-state index contributed by atoms with van der Waals surface area (Å²) >= 11 is 0. The molecular weight excluding hydrogens is 746 g/mol. The first-order valence-corrected chi connectivity index (χ1v) is 17.4. The predicted octanol–water partition coefficient (Wildman–Crippen LogP) is 10.3. The molecule has 0 heterocycles. The molecule has 0 saturated carbocycles. The summed E-state index contributed by atoms with van der Waals surface area (Å²) in [6, 6.07) is 39.6. The molecule has 2 aliphatic rings. The van der Waals surface area contributed by atoms with Crippen LogP contribution in [0.5, 0.6) is 0 Å². The van der Waals surface area contributed by atoms with Crippen LogP contribution in [0.4, 0.5) is 13.2 Å². The average molecular weight is 765 g/mol. The first-order chi connectivity index (χ1) is 28.4. The van der Waals surface area contributed by atoms with Gasteiger partial charge in [-0.25, -0.2) is 0 Å². The van der Waals surface area contributed by atoms with Crippen LogP contribution in [0, 0.1) is 97.6 Å². The van der Waals surface area contributed by atoms with Crippen LogP contribution in [0.2, 0.25) is 0 Å². The fraction of sp³-hybridized carbons (Fsp3) is 0.0417. The number of hydrogen-bond donors (Lipinski definition) is 0. The highest BCUT2D eigenvalue weighted by Gasteiger charge is 2.38. The second-order valence-electron chi connectivity index (χ2n) is 13.4. The van der Waals surface area contributed by atoms with Gasteiger partial charge in [0.1, 0.15) is 24.3 Å². The lowest BCUT2D eigenvalue weighted by Gasteiger charge is -2.15. The molecule has 5 aromatic carbocycles. The molecule has 8 nitrogen and oxygen atoms in total. The lowest BCUT2D eigenvalue weighted by atomic mass is 9.86. The van der Waals surface area contributed by atoms with Gasteiger partial charge in [-0.05, 0) is 101 Å². The summed E-state index contributed by atoms with van der Waals surface area (Å²) < 4.78 is 41.2. The third-order valence-corrected chi connectivity index (χ3v) is 9.98. The number of benzene rings is 5. The monoisotopic (exact) mass is 764 g/mol. The topological polar surface area (TPSA) is 190 Å². The maximum atomic E-state index is 13.7. The third kappa shape index (κ3) is 6.43. The van der Waals surface area contributed by atoms with E-state index in [0.717, 1.165) is 17.7 Å². The summed E-state index contributed by atoms with van der Waals surface area (Å²) in [5.74, 6) is 0. The Bertz CT molecular complexity index is 3150. The Morgan fingerprint density at radius 3 is 1.10 bits per heavy atom. The van der Waals surface area contributed by atoms with E-state index in [0.29, 0.717) is 22.3 Å². The van der Waals surface area contributed by atoms with Crippen molar-refractivity contribution >= 4 is 44.6 Å². The zero-order chi connectivity index (χ0) is 42.2. The van der Waals surface area contributed by atoms with Gasteiger partial charge in [0.15, 0.2) is 0 Å². The first-order valence-electron chi connectivity index (χ1n) is 17.4. The van der Waals surface area contributed by atoms with Gasteiger partial charge in [-0.3, -0.25) is 0 Å². The zero-order valence-electron chi connectivity index (χ0n) is 30.4. The van der Waals surface area contributed by atoms with Crippen LogP contribution in [0.3, 0.4) is 0 Å². The lowest BCUT2D eigenvalue weighted by molar-refractivity contribution is -0.137. The van der Waals surface area contributed by atoms with Crippen molar-refractivity contribution in [1.82, 2.24) is 0 Å². The molecule has 0 radical (unpaired) electrons. The minimum absolute atomic E-state index is 0.00917. The Morgan fingerprint density at radius 2 is 0.797 bits per heavy atom. The summed E-state index contributed by atoms with van der Waals surface area (Å²) in [4.78, 5) is 0. The number of rotatable bonds is 4. The van der Waals surface area contributed by atoms with Crippen LogP contribution in [-0.4, -0.2) is 0 Å². The highest BCUT2D eigenvalue weighted by molar-refractivity contribution is 6.34. The van der Waals surface area contributed by atoms with E-state index in [1.807, 2.05) is 43.3 Å². The van der Waals surface area contributed by atoms with Crippen molar-refractivity contribution in [3.05, 3.63) is 175 Å².